The van der Waals surface area contributed by atoms with E-state index in [4.69, 9.17) is 4.74 Å². The fourth-order valence-corrected chi connectivity index (χ4v) is 2.99. The third-order valence-electron chi connectivity index (χ3n) is 4.46. The number of hydrogen-bond donors (Lipinski definition) is 0. The second kappa shape index (κ2) is 7.46. The fraction of sp³-hybridized carbons (Fsp3) is 0.389. The highest BCUT2D eigenvalue weighted by Crippen LogP contribution is 2.20. The summed E-state index contributed by atoms with van der Waals surface area (Å²) in [6.45, 7) is 1.24. The number of rotatable bonds is 4. The van der Waals surface area contributed by atoms with E-state index in [1.165, 1.54) is 19.2 Å². The van der Waals surface area contributed by atoms with Crippen LogP contribution < -0.4 is 0 Å². The summed E-state index contributed by atoms with van der Waals surface area (Å²) in [5, 5.41) is 4.37. The molecule has 0 unspecified atom stereocenters. The molecular formula is C18H20FN3O3. The highest BCUT2D eigenvalue weighted by Gasteiger charge is 2.27. The summed E-state index contributed by atoms with van der Waals surface area (Å²) in [5.41, 5.74) is 1.49. The molecule has 1 saturated heterocycles. The molecule has 0 spiro atoms. The lowest BCUT2D eigenvalue weighted by molar-refractivity contribution is -0.149. The number of esters is 1. The number of nitrogens with zero attached hydrogens (tertiary/aromatic N) is 3. The van der Waals surface area contributed by atoms with Gasteiger partial charge in [-0.2, -0.15) is 5.10 Å². The number of benzene rings is 1. The Labute approximate surface area is 145 Å². The Balaban J connectivity index is 1.57. The van der Waals surface area contributed by atoms with Gasteiger partial charge in [0.05, 0.1) is 18.7 Å². The van der Waals surface area contributed by atoms with Gasteiger partial charge in [0, 0.05) is 24.8 Å². The molecule has 6 nitrogen and oxygen atoms in total. The Hall–Kier alpha value is -2.70. The smallest absolute Gasteiger partial charge is 0.308 e. The van der Waals surface area contributed by atoms with Crippen LogP contribution in [0.25, 0.3) is 11.3 Å². The minimum absolute atomic E-state index is 0.0305. The molecule has 3 rings (SSSR count). The number of ether oxygens (including phenoxy) is 1. The van der Waals surface area contributed by atoms with Gasteiger partial charge >= 0.3 is 5.97 Å². The second-order valence-electron chi connectivity index (χ2n) is 6.08. The highest BCUT2D eigenvalue weighted by atomic mass is 19.1. The van der Waals surface area contributed by atoms with E-state index in [0.29, 0.717) is 31.6 Å². The van der Waals surface area contributed by atoms with E-state index in [0.717, 1.165) is 5.56 Å². The molecule has 2 aromatic rings. The van der Waals surface area contributed by atoms with Crippen molar-refractivity contribution in [2.75, 3.05) is 20.2 Å². The average molecular weight is 345 g/mol. The van der Waals surface area contributed by atoms with E-state index >= 15 is 0 Å². The Morgan fingerprint density at radius 2 is 1.88 bits per heavy atom. The van der Waals surface area contributed by atoms with Crippen molar-refractivity contribution in [2.45, 2.75) is 19.4 Å². The molecule has 1 aromatic heterocycles. The minimum atomic E-state index is -0.297. The van der Waals surface area contributed by atoms with Crippen molar-refractivity contribution in [3.8, 4) is 11.3 Å². The van der Waals surface area contributed by atoms with Crippen LogP contribution >= 0.6 is 0 Å². The molecule has 0 aliphatic carbocycles. The van der Waals surface area contributed by atoms with Crippen molar-refractivity contribution in [3.05, 3.63) is 42.3 Å². The maximum absolute atomic E-state index is 13.0. The molecule has 1 fully saturated rings. The molecule has 1 aromatic carbocycles. The summed E-state index contributed by atoms with van der Waals surface area (Å²) in [7, 11) is 1.39. The standard InChI is InChI=1S/C18H20FN3O3/c1-25-18(24)14-6-9-21(10-7-14)17(23)12-22-11-8-16(20-22)13-2-4-15(19)5-3-13/h2-5,8,11,14H,6-7,9-10,12H2,1H3. The van der Waals surface area contributed by atoms with Crippen LogP contribution in [0, 0.1) is 11.7 Å². The maximum atomic E-state index is 13.0. The molecule has 132 valence electrons. The fourth-order valence-electron chi connectivity index (χ4n) is 2.99. The summed E-state index contributed by atoms with van der Waals surface area (Å²) >= 11 is 0. The van der Waals surface area contributed by atoms with Crippen LogP contribution in [-0.4, -0.2) is 46.8 Å². The number of methoxy groups -OCH3 is 1. The van der Waals surface area contributed by atoms with Gasteiger partial charge in [-0.25, -0.2) is 4.39 Å². The van der Waals surface area contributed by atoms with E-state index in [1.807, 2.05) is 0 Å². The predicted octanol–water partition coefficient (Wildman–Crippen LogP) is 2.10. The SMILES string of the molecule is COC(=O)C1CCN(C(=O)Cn2ccc(-c3ccc(F)cc3)n2)CC1. The summed E-state index contributed by atoms with van der Waals surface area (Å²) in [4.78, 5) is 25.7. The van der Waals surface area contributed by atoms with Gasteiger partial charge in [-0.1, -0.05) is 0 Å². The van der Waals surface area contributed by atoms with Gasteiger partial charge in [0.15, 0.2) is 0 Å². The van der Waals surface area contributed by atoms with Crippen LogP contribution in [0.5, 0.6) is 0 Å². The third-order valence-corrected chi connectivity index (χ3v) is 4.46. The molecule has 0 bridgehead atoms. The van der Waals surface area contributed by atoms with Crippen molar-refractivity contribution < 1.29 is 18.7 Å². The first-order valence-corrected chi connectivity index (χ1v) is 8.22. The number of halogens is 1. The number of piperidine rings is 1. The summed E-state index contributed by atoms with van der Waals surface area (Å²) in [6.07, 6.45) is 2.98. The lowest BCUT2D eigenvalue weighted by Gasteiger charge is -2.30. The summed E-state index contributed by atoms with van der Waals surface area (Å²) in [5.74, 6) is -0.655. The van der Waals surface area contributed by atoms with Gasteiger partial charge in [0.2, 0.25) is 5.91 Å². The van der Waals surface area contributed by atoms with Crippen molar-refractivity contribution in [1.82, 2.24) is 14.7 Å². The Kier molecular flexibility index (Phi) is 5.11. The van der Waals surface area contributed by atoms with Gasteiger partial charge in [-0.05, 0) is 43.2 Å². The molecule has 7 heteroatoms. The number of likely N-dealkylation sites (tertiary alicyclic amines) is 1. The predicted molar refractivity (Wildman–Crippen MR) is 88.9 cm³/mol. The average Bonchev–Trinajstić information content (AvgIpc) is 3.10. The Morgan fingerprint density at radius 3 is 2.52 bits per heavy atom. The van der Waals surface area contributed by atoms with Crippen LogP contribution in [-0.2, 0) is 20.9 Å². The number of carbonyl (C=O) groups excluding carboxylic acids is 2. The number of carbonyl (C=O) groups is 2. The lowest BCUT2D eigenvalue weighted by Crippen LogP contribution is -2.42. The number of hydrogen-bond acceptors (Lipinski definition) is 4. The van der Waals surface area contributed by atoms with Crippen LogP contribution in [0.4, 0.5) is 4.39 Å². The Morgan fingerprint density at radius 1 is 1.20 bits per heavy atom. The molecule has 25 heavy (non-hydrogen) atoms. The molecule has 2 heterocycles. The first-order chi connectivity index (χ1) is 12.1. The summed E-state index contributed by atoms with van der Waals surface area (Å²) in [6, 6.07) is 7.86. The first-order valence-electron chi connectivity index (χ1n) is 8.22. The van der Waals surface area contributed by atoms with E-state index in [-0.39, 0.29) is 30.2 Å². The number of amides is 1. The molecule has 1 aliphatic heterocycles. The lowest BCUT2D eigenvalue weighted by atomic mass is 9.97. The van der Waals surface area contributed by atoms with Crippen molar-refractivity contribution >= 4 is 11.9 Å². The highest BCUT2D eigenvalue weighted by molar-refractivity contribution is 5.77. The molecule has 0 N–H and O–H groups in total. The van der Waals surface area contributed by atoms with E-state index < -0.39 is 0 Å². The Bertz CT molecular complexity index is 749. The van der Waals surface area contributed by atoms with Crippen LogP contribution in [0.15, 0.2) is 36.5 Å². The number of aromatic nitrogens is 2. The minimum Gasteiger partial charge on any atom is -0.469 e. The summed E-state index contributed by atoms with van der Waals surface area (Å²) < 4.78 is 19.3. The molecule has 1 amide bonds. The second-order valence-corrected chi connectivity index (χ2v) is 6.08. The molecule has 0 saturated carbocycles. The van der Waals surface area contributed by atoms with Crippen molar-refractivity contribution in [2.24, 2.45) is 5.92 Å². The normalized spacial score (nSPS) is 15.2. The topological polar surface area (TPSA) is 64.4 Å². The third kappa shape index (κ3) is 4.04. The zero-order valence-corrected chi connectivity index (χ0v) is 14.0. The quantitative estimate of drug-likeness (QED) is 0.796. The zero-order valence-electron chi connectivity index (χ0n) is 14.0. The molecule has 0 radical (unpaired) electrons. The zero-order chi connectivity index (χ0) is 17.8. The van der Waals surface area contributed by atoms with Crippen molar-refractivity contribution in [3.63, 3.8) is 0 Å². The van der Waals surface area contributed by atoms with E-state index in [2.05, 4.69) is 5.10 Å². The molecule has 1 aliphatic rings. The van der Waals surface area contributed by atoms with Crippen LogP contribution in [0.3, 0.4) is 0 Å². The van der Waals surface area contributed by atoms with Crippen LogP contribution in [0.2, 0.25) is 0 Å². The van der Waals surface area contributed by atoms with Crippen molar-refractivity contribution in [1.29, 1.82) is 0 Å². The van der Waals surface area contributed by atoms with Crippen LogP contribution in [0.1, 0.15) is 12.8 Å². The monoisotopic (exact) mass is 345 g/mol. The van der Waals surface area contributed by atoms with Gasteiger partial charge < -0.3 is 9.64 Å². The first kappa shape index (κ1) is 17.1. The largest absolute Gasteiger partial charge is 0.469 e. The molecular weight excluding hydrogens is 325 g/mol. The maximum Gasteiger partial charge on any atom is 0.308 e. The van der Waals surface area contributed by atoms with E-state index in [9.17, 15) is 14.0 Å². The molecule has 0 atom stereocenters. The van der Waals surface area contributed by atoms with Gasteiger partial charge in [-0.3, -0.25) is 14.3 Å². The van der Waals surface area contributed by atoms with E-state index in [1.54, 1.807) is 34.0 Å². The van der Waals surface area contributed by atoms with Gasteiger partial charge in [0.25, 0.3) is 0 Å². The van der Waals surface area contributed by atoms with Gasteiger partial charge in [0.1, 0.15) is 12.4 Å². The van der Waals surface area contributed by atoms with Gasteiger partial charge in [-0.15, -0.1) is 0 Å².